The molecule has 6 nitrogen and oxygen atoms in total. The number of carboxylic acid groups (broad SMARTS) is 1. The number of carbonyl (C=O) groups is 2. The minimum absolute atomic E-state index is 0.0993. The summed E-state index contributed by atoms with van der Waals surface area (Å²) < 4.78 is 0. The number of carbonyl (C=O) groups excluding carboxylic acids is 2. The molecule has 2 rings (SSSR count). The number of hydrogen-bond donors (Lipinski definition) is 1. The maximum absolute atomic E-state index is 12.7. The third kappa shape index (κ3) is 7.60. The van der Waals surface area contributed by atoms with Crippen molar-refractivity contribution in [2.75, 3.05) is 53.9 Å². The number of rotatable bonds is 10. The SMILES string of the molecule is CN(C)CC[NH+](C)CC[C@H]1CN(C(=O)Cc2ccccc2)CC[C@H]1CC(=O)[O-]. The summed E-state index contributed by atoms with van der Waals surface area (Å²) in [4.78, 5) is 29.5. The third-order valence-electron chi connectivity index (χ3n) is 5.80. The summed E-state index contributed by atoms with van der Waals surface area (Å²) in [6, 6.07) is 9.79. The summed E-state index contributed by atoms with van der Waals surface area (Å²) in [5, 5.41) is 11.2. The van der Waals surface area contributed by atoms with Gasteiger partial charge in [-0.15, -0.1) is 0 Å². The molecule has 156 valence electrons. The molecule has 1 aromatic rings. The first-order chi connectivity index (χ1) is 13.3. The molecule has 0 radical (unpaired) electrons. The molecule has 1 unspecified atom stereocenters. The summed E-state index contributed by atoms with van der Waals surface area (Å²) >= 11 is 0. The number of nitrogens with zero attached hydrogens (tertiary/aromatic N) is 2. The Hall–Kier alpha value is -1.92. The molecular weight excluding hydrogens is 354 g/mol. The van der Waals surface area contributed by atoms with Gasteiger partial charge >= 0.3 is 0 Å². The molecule has 6 heteroatoms. The summed E-state index contributed by atoms with van der Waals surface area (Å²) in [7, 11) is 6.32. The van der Waals surface area contributed by atoms with Crippen LogP contribution in [0.3, 0.4) is 0 Å². The first-order valence-electron chi connectivity index (χ1n) is 10.3. The van der Waals surface area contributed by atoms with E-state index in [0.29, 0.717) is 19.5 Å². The van der Waals surface area contributed by atoms with Crippen LogP contribution in [0, 0.1) is 11.8 Å². The van der Waals surface area contributed by atoms with Crippen molar-refractivity contribution in [3.63, 3.8) is 0 Å². The van der Waals surface area contributed by atoms with E-state index in [1.165, 1.54) is 4.90 Å². The Balaban J connectivity index is 1.92. The second-order valence-corrected chi connectivity index (χ2v) is 8.44. The summed E-state index contributed by atoms with van der Waals surface area (Å²) in [5.74, 6) is -0.517. The number of carboxylic acids is 1. The van der Waals surface area contributed by atoms with Crippen LogP contribution >= 0.6 is 0 Å². The molecule has 0 saturated carbocycles. The average Bonchev–Trinajstić information content (AvgIpc) is 2.65. The Morgan fingerprint density at radius 3 is 2.54 bits per heavy atom. The summed E-state index contributed by atoms with van der Waals surface area (Å²) in [5.41, 5.74) is 1.02. The number of amides is 1. The largest absolute Gasteiger partial charge is 0.550 e. The molecule has 1 aromatic carbocycles. The van der Waals surface area contributed by atoms with E-state index < -0.39 is 5.97 Å². The quantitative estimate of drug-likeness (QED) is 0.575. The standard InChI is InChI=1S/C22H35N3O3/c1-23(2)13-14-24(3)11-9-20-17-25(12-10-19(20)16-22(27)28)21(26)15-18-7-5-4-6-8-18/h4-8,19-20H,9-17H2,1-3H3,(H,27,28)/t19-,20-/m0/s1. The van der Waals surface area contributed by atoms with Gasteiger partial charge in [-0.3, -0.25) is 4.79 Å². The molecular formula is C22H35N3O3. The maximum atomic E-state index is 12.7. The zero-order valence-corrected chi connectivity index (χ0v) is 17.5. The number of aliphatic carboxylic acids is 1. The molecule has 1 amide bonds. The van der Waals surface area contributed by atoms with Crippen LogP contribution in [0.5, 0.6) is 0 Å². The number of quaternary nitrogens is 1. The fraction of sp³-hybridized carbons (Fsp3) is 0.636. The number of piperidine rings is 1. The van der Waals surface area contributed by atoms with Crippen molar-refractivity contribution in [3.8, 4) is 0 Å². The molecule has 1 heterocycles. The Labute approximate surface area is 169 Å². The average molecular weight is 390 g/mol. The first-order valence-corrected chi connectivity index (χ1v) is 10.3. The molecule has 28 heavy (non-hydrogen) atoms. The van der Waals surface area contributed by atoms with Crippen molar-refractivity contribution in [3.05, 3.63) is 35.9 Å². The van der Waals surface area contributed by atoms with Gasteiger partial charge < -0.3 is 24.6 Å². The van der Waals surface area contributed by atoms with Crippen molar-refractivity contribution in [1.29, 1.82) is 0 Å². The smallest absolute Gasteiger partial charge is 0.226 e. The highest BCUT2D eigenvalue weighted by atomic mass is 16.4. The molecule has 1 saturated heterocycles. The van der Waals surface area contributed by atoms with Crippen LogP contribution in [0.25, 0.3) is 0 Å². The van der Waals surface area contributed by atoms with Gasteiger partial charge in [0, 0.05) is 32.0 Å². The monoisotopic (exact) mass is 389 g/mol. The van der Waals surface area contributed by atoms with Gasteiger partial charge in [0.2, 0.25) is 5.91 Å². The zero-order valence-electron chi connectivity index (χ0n) is 17.5. The Kier molecular flexibility index (Phi) is 8.93. The van der Waals surface area contributed by atoms with Gasteiger partial charge in [0.05, 0.1) is 26.6 Å². The lowest BCUT2D eigenvalue weighted by atomic mass is 9.81. The Morgan fingerprint density at radius 2 is 1.89 bits per heavy atom. The predicted octanol–water partition coefficient (Wildman–Crippen LogP) is -0.700. The lowest BCUT2D eigenvalue weighted by Gasteiger charge is -2.39. The highest BCUT2D eigenvalue weighted by Crippen LogP contribution is 2.29. The van der Waals surface area contributed by atoms with Crippen LogP contribution in [0.1, 0.15) is 24.8 Å². The lowest BCUT2D eigenvalue weighted by molar-refractivity contribution is -0.879. The number of likely N-dealkylation sites (N-methyl/N-ethyl adjacent to an activating group) is 2. The summed E-state index contributed by atoms with van der Waals surface area (Å²) in [6.07, 6.45) is 2.19. The molecule has 1 aliphatic rings. The van der Waals surface area contributed by atoms with Gasteiger partial charge in [0.15, 0.2) is 0 Å². The van der Waals surface area contributed by atoms with Crippen molar-refractivity contribution in [1.82, 2.24) is 9.80 Å². The number of nitrogens with one attached hydrogen (secondary N) is 1. The zero-order chi connectivity index (χ0) is 20.5. The van der Waals surface area contributed by atoms with Crippen molar-refractivity contribution < 1.29 is 19.6 Å². The van der Waals surface area contributed by atoms with Crippen molar-refractivity contribution >= 4 is 11.9 Å². The fourth-order valence-corrected chi connectivity index (χ4v) is 3.97. The normalized spacial score (nSPS) is 20.9. The Morgan fingerprint density at radius 1 is 1.18 bits per heavy atom. The number of hydrogen-bond acceptors (Lipinski definition) is 4. The highest BCUT2D eigenvalue weighted by molar-refractivity contribution is 5.79. The molecule has 0 spiro atoms. The van der Waals surface area contributed by atoms with E-state index in [9.17, 15) is 14.7 Å². The molecule has 1 N–H and O–H groups in total. The van der Waals surface area contributed by atoms with Gasteiger partial charge in [-0.05, 0) is 44.3 Å². The van der Waals surface area contributed by atoms with E-state index in [1.807, 2.05) is 35.2 Å². The Bertz CT molecular complexity index is 621. The van der Waals surface area contributed by atoms with E-state index in [4.69, 9.17) is 0 Å². The second kappa shape index (κ2) is 11.2. The van der Waals surface area contributed by atoms with Crippen LogP contribution in [-0.2, 0) is 16.0 Å². The van der Waals surface area contributed by atoms with Gasteiger partial charge in [0.25, 0.3) is 0 Å². The van der Waals surface area contributed by atoms with Crippen LogP contribution < -0.4 is 10.0 Å². The number of benzene rings is 1. The minimum atomic E-state index is -0.979. The molecule has 0 aromatic heterocycles. The van der Waals surface area contributed by atoms with Crippen LogP contribution in [0.4, 0.5) is 0 Å². The third-order valence-corrected chi connectivity index (χ3v) is 5.80. The van der Waals surface area contributed by atoms with E-state index in [0.717, 1.165) is 38.0 Å². The second-order valence-electron chi connectivity index (χ2n) is 8.44. The molecule has 3 atom stereocenters. The van der Waals surface area contributed by atoms with Crippen LogP contribution in [-0.4, -0.2) is 75.5 Å². The predicted molar refractivity (Wildman–Crippen MR) is 108 cm³/mol. The van der Waals surface area contributed by atoms with Gasteiger partial charge in [0.1, 0.15) is 0 Å². The topological polar surface area (TPSA) is 68.1 Å². The number of likely N-dealkylation sites (tertiary alicyclic amines) is 1. The van der Waals surface area contributed by atoms with E-state index in [2.05, 4.69) is 26.0 Å². The molecule has 1 fully saturated rings. The van der Waals surface area contributed by atoms with E-state index >= 15 is 0 Å². The highest BCUT2D eigenvalue weighted by Gasteiger charge is 2.31. The van der Waals surface area contributed by atoms with Crippen LogP contribution in [0.2, 0.25) is 0 Å². The first kappa shape index (κ1) is 22.4. The fourth-order valence-electron chi connectivity index (χ4n) is 3.97. The van der Waals surface area contributed by atoms with Crippen LogP contribution in [0.15, 0.2) is 30.3 Å². The lowest BCUT2D eigenvalue weighted by Crippen LogP contribution is -3.09. The molecule has 1 aliphatic heterocycles. The maximum Gasteiger partial charge on any atom is 0.226 e. The molecule has 0 aliphatic carbocycles. The van der Waals surface area contributed by atoms with E-state index in [1.54, 1.807) is 0 Å². The van der Waals surface area contributed by atoms with Gasteiger partial charge in [-0.1, -0.05) is 30.3 Å². The van der Waals surface area contributed by atoms with Gasteiger partial charge in [-0.25, -0.2) is 0 Å². The van der Waals surface area contributed by atoms with E-state index in [-0.39, 0.29) is 24.2 Å². The van der Waals surface area contributed by atoms with Crippen molar-refractivity contribution in [2.24, 2.45) is 11.8 Å². The van der Waals surface area contributed by atoms with Gasteiger partial charge in [-0.2, -0.15) is 0 Å². The van der Waals surface area contributed by atoms with Crippen molar-refractivity contribution in [2.45, 2.75) is 25.7 Å². The minimum Gasteiger partial charge on any atom is -0.550 e. The summed E-state index contributed by atoms with van der Waals surface area (Å²) in [6.45, 7) is 4.37. The molecule has 0 bridgehead atoms.